The van der Waals surface area contributed by atoms with E-state index in [4.69, 9.17) is 13.7 Å². The zero-order chi connectivity index (χ0) is 13.1. The van der Waals surface area contributed by atoms with Crippen LogP contribution in [0.4, 0.5) is 0 Å². The predicted molar refractivity (Wildman–Crippen MR) is 65.8 cm³/mol. The van der Waals surface area contributed by atoms with Crippen LogP contribution < -0.4 is 4.74 Å². The molecule has 0 saturated carbocycles. The normalized spacial score (nSPS) is 12.4. The summed E-state index contributed by atoms with van der Waals surface area (Å²) >= 11 is -1.96. The van der Waals surface area contributed by atoms with Crippen molar-refractivity contribution in [3.63, 3.8) is 0 Å². The Morgan fingerprint density at radius 3 is 2.50 bits per heavy atom. The average Bonchev–Trinajstić information content (AvgIpc) is 2.67. The largest absolute Gasteiger partial charge is 0.484 e. The standard InChI is InChI=1S/C12H13NO4S/c1-8-9(2)17-12(13-8)7-16-10-3-5-11(6-4-10)18(14)15/h3-6H,7H2,1-2H3,(H,14,15). The molecule has 1 heterocycles. The molecule has 96 valence electrons. The van der Waals surface area contributed by atoms with Gasteiger partial charge in [-0.15, -0.1) is 0 Å². The number of benzene rings is 1. The van der Waals surface area contributed by atoms with Gasteiger partial charge in [0.1, 0.15) is 11.5 Å². The molecule has 0 amide bonds. The zero-order valence-corrected chi connectivity index (χ0v) is 10.9. The van der Waals surface area contributed by atoms with Gasteiger partial charge in [-0.3, -0.25) is 0 Å². The summed E-state index contributed by atoms with van der Waals surface area (Å²) in [6.07, 6.45) is 0. The first kappa shape index (κ1) is 12.8. The second-order valence-corrected chi connectivity index (χ2v) is 4.73. The molecular formula is C12H13NO4S. The van der Waals surface area contributed by atoms with Gasteiger partial charge in [0.2, 0.25) is 5.89 Å². The molecule has 0 aliphatic carbocycles. The molecule has 1 N–H and O–H groups in total. The van der Waals surface area contributed by atoms with Gasteiger partial charge in [-0.1, -0.05) is 0 Å². The lowest BCUT2D eigenvalue weighted by Gasteiger charge is -2.03. The minimum absolute atomic E-state index is 0.232. The van der Waals surface area contributed by atoms with E-state index in [-0.39, 0.29) is 6.61 Å². The number of oxazole rings is 1. The molecule has 1 atom stereocenters. The molecule has 1 aromatic carbocycles. The Hall–Kier alpha value is -1.66. The Morgan fingerprint density at radius 1 is 1.33 bits per heavy atom. The van der Waals surface area contributed by atoms with E-state index in [2.05, 4.69) is 4.98 Å². The number of hydrogen-bond acceptors (Lipinski definition) is 4. The van der Waals surface area contributed by atoms with Crippen molar-refractivity contribution in [1.29, 1.82) is 0 Å². The van der Waals surface area contributed by atoms with E-state index in [0.717, 1.165) is 11.5 Å². The number of hydrogen-bond donors (Lipinski definition) is 1. The first-order valence-electron chi connectivity index (χ1n) is 5.33. The molecule has 0 bridgehead atoms. The molecule has 0 radical (unpaired) electrons. The fraction of sp³-hybridized carbons (Fsp3) is 0.250. The summed E-state index contributed by atoms with van der Waals surface area (Å²) in [5.41, 5.74) is 0.847. The van der Waals surface area contributed by atoms with Crippen LogP contribution in [0, 0.1) is 13.8 Å². The van der Waals surface area contributed by atoms with Gasteiger partial charge < -0.3 is 13.7 Å². The van der Waals surface area contributed by atoms with E-state index >= 15 is 0 Å². The zero-order valence-electron chi connectivity index (χ0n) is 10.0. The van der Waals surface area contributed by atoms with Crippen molar-refractivity contribution >= 4 is 11.1 Å². The van der Waals surface area contributed by atoms with Crippen molar-refractivity contribution in [2.75, 3.05) is 0 Å². The lowest BCUT2D eigenvalue weighted by molar-refractivity contribution is 0.260. The number of aryl methyl sites for hydroxylation is 2. The van der Waals surface area contributed by atoms with Crippen LogP contribution in [0.25, 0.3) is 0 Å². The first-order valence-corrected chi connectivity index (χ1v) is 6.43. The summed E-state index contributed by atoms with van der Waals surface area (Å²) in [6.45, 7) is 3.95. The van der Waals surface area contributed by atoms with Crippen LogP contribution in [0.5, 0.6) is 5.75 Å². The highest BCUT2D eigenvalue weighted by molar-refractivity contribution is 7.79. The topological polar surface area (TPSA) is 72.6 Å². The van der Waals surface area contributed by atoms with E-state index in [1.807, 2.05) is 13.8 Å². The van der Waals surface area contributed by atoms with Crippen molar-refractivity contribution in [3.8, 4) is 5.75 Å². The van der Waals surface area contributed by atoms with Crippen molar-refractivity contribution in [2.24, 2.45) is 0 Å². The molecular weight excluding hydrogens is 254 g/mol. The summed E-state index contributed by atoms with van der Waals surface area (Å²) in [5, 5.41) is 0. The lowest BCUT2D eigenvalue weighted by Crippen LogP contribution is -1.96. The van der Waals surface area contributed by atoms with Crippen LogP contribution in [0.2, 0.25) is 0 Å². The third kappa shape index (κ3) is 2.96. The molecule has 1 aromatic heterocycles. The highest BCUT2D eigenvalue weighted by atomic mass is 32.2. The van der Waals surface area contributed by atoms with Gasteiger partial charge >= 0.3 is 0 Å². The third-order valence-corrected chi connectivity index (χ3v) is 3.14. The highest BCUT2D eigenvalue weighted by Crippen LogP contribution is 2.16. The monoisotopic (exact) mass is 267 g/mol. The Balaban J connectivity index is 2.00. The van der Waals surface area contributed by atoms with Gasteiger partial charge in [0, 0.05) is 0 Å². The van der Waals surface area contributed by atoms with Crippen molar-refractivity contribution in [1.82, 2.24) is 4.98 Å². The second kappa shape index (κ2) is 5.32. The number of ether oxygens (including phenoxy) is 1. The molecule has 0 aliphatic heterocycles. The van der Waals surface area contributed by atoms with Crippen LogP contribution in [-0.2, 0) is 17.7 Å². The van der Waals surface area contributed by atoms with E-state index in [1.54, 1.807) is 12.1 Å². The van der Waals surface area contributed by atoms with Crippen LogP contribution in [0.1, 0.15) is 17.3 Å². The van der Waals surface area contributed by atoms with E-state index in [9.17, 15) is 4.21 Å². The Bertz CT molecular complexity index is 542. The van der Waals surface area contributed by atoms with Crippen LogP contribution in [0.15, 0.2) is 33.6 Å². The fourth-order valence-corrected chi connectivity index (χ4v) is 1.77. The SMILES string of the molecule is Cc1nc(COc2ccc(S(=O)O)cc2)oc1C. The minimum Gasteiger partial charge on any atom is -0.484 e. The molecule has 0 saturated heterocycles. The maximum atomic E-state index is 10.8. The minimum atomic E-state index is -1.96. The Labute approximate surface area is 107 Å². The fourth-order valence-electron chi connectivity index (χ4n) is 1.40. The summed E-state index contributed by atoms with van der Waals surface area (Å²) < 4.78 is 30.5. The van der Waals surface area contributed by atoms with Gasteiger partial charge in [0.05, 0.1) is 10.6 Å². The summed E-state index contributed by atoms with van der Waals surface area (Å²) in [4.78, 5) is 4.53. The molecule has 2 rings (SSSR count). The van der Waals surface area contributed by atoms with E-state index < -0.39 is 11.1 Å². The van der Waals surface area contributed by atoms with Crippen LogP contribution in [0.3, 0.4) is 0 Å². The summed E-state index contributed by atoms with van der Waals surface area (Å²) in [7, 11) is 0. The molecule has 6 heteroatoms. The van der Waals surface area contributed by atoms with Crippen molar-refractivity contribution in [2.45, 2.75) is 25.3 Å². The quantitative estimate of drug-likeness (QED) is 0.861. The van der Waals surface area contributed by atoms with Gasteiger partial charge in [0.15, 0.2) is 17.7 Å². The summed E-state index contributed by atoms with van der Waals surface area (Å²) in [5.74, 6) is 1.89. The van der Waals surface area contributed by atoms with Gasteiger partial charge in [-0.05, 0) is 38.1 Å². The highest BCUT2D eigenvalue weighted by Gasteiger charge is 2.06. The van der Waals surface area contributed by atoms with Crippen molar-refractivity contribution in [3.05, 3.63) is 41.6 Å². The third-order valence-electron chi connectivity index (χ3n) is 2.46. The smallest absolute Gasteiger partial charge is 0.232 e. The number of nitrogens with zero attached hydrogens (tertiary/aromatic N) is 1. The van der Waals surface area contributed by atoms with E-state index in [1.165, 1.54) is 12.1 Å². The van der Waals surface area contributed by atoms with Crippen molar-refractivity contribution < 1.29 is 17.9 Å². The van der Waals surface area contributed by atoms with Gasteiger partial charge in [0.25, 0.3) is 0 Å². The molecule has 0 aliphatic rings. The maximum Gasteiger partial charge on any atom is 0.232 e. The van der Waals surface area contributed by atoms with E-state index in [0.29, 0.717) is 16.5 Å². The number of rotatable bonds is 4. The van der Waals surface area contributed by atoms with Gasteiger partial charge in [-0.2, -0.15) is 0 Å². The second-order valence-electron chi connectivity index (χ2n) is 3.76. The molecule has 5 nitrogen and oxygen atoms in total. The molecule has 0 fully saturated rings. The molecule has 18 heavy (non-hydrogen) atoms. The molecule has 2 aromatic rings. The molecule has 1 unspecified atom stereocenters. The lowest BCUT2D eigenvalue weighted by atomic mass is 10.3. The average molecular weight is 267 g/mol. The van der Waals surface area contributed by atoms with Crippen LogP contribution >= 0.6 is 0 Å². The molecule has 0 spiro atoms. The summed E-state index contributed by atoms with van der Waals surface area (Å²) in [6, 6.07) is 6.34. The van der Waals surface area contributed by atoms with Gasteiger partial charge in [-0.25, -0.2) is 9.19 Å². The maximum absolute atomic E-state index is 10.8. The number of aromatic nitrogens is 1. The predicted octanol–water partition coefficient (Wildman–Crippen LogP) is 2.45. The Morgan fingerprint density at radius 2 is 2.00 bits per heavy atom. The first-order chi connectivity index (χ1) is 8.56. The Kier molecular flexibility index (Phi) is 3.78. The van der Waals surface area contributed by atoms with Crippen LogP contribution in [-0.4, -0.2) is 13.7 Å².